The molecule has 1 aromatic carbocycles. The number of halogens is 3. The van der Waals surface area contributed by atoms with Crippen LogP contribution in [0.2, 0.25) is 5.02 Å². The number of carbonyl (C=O) groups excluding carboxylic acids is 1. The maximum absolute atomic E-state index is 11.1. The molecule has 6 heteroatoms. The van der Waals surface area contributed by atoms with Crippen molar-refractivity contribution < 1.29 is 9.90 Å². The smallest absolute Gasteiger partial charge is 0.141 e. The van der Waals surface area contributed by atoms with Crippen molar-refractivity contribution in [2.75, 3.05) is 6.61 Å². The lowest BCUT2D eigenvalue weighted by atomic mass is 10.00. The molecule has 0 radical (unpaired) electrons. The molecule has 1 aliphatic rings. The van der Waals surface area contributed by atoms with E-state index in [1.807, 2.05) is 6.07 Å². The Hall–Kier alpha value is -0.790. The summed E-state index contributed by atoms with van der Waals surface area (Å²) in [5, 5.41) is 18.6. The molecule has 1 fully saturated rings. The summed E-state index contributed by atoms with van der Waals surface area (Å²) >= 11 is 18.0. The van der Waals surface area contributed by atoms with Crippen LogP contribution < -0.4 is 0 Å². The van der Waals surface area contributed by atoms with Crippen LogP contribution in [0.3, 0.4) is 0 Å². The Morgan fingerprint density at radius 3 is 2.56 bits per heavy atom. The van der Waals surface area contributed by atoms with E-state index < -0.39 is 22.3 Å². The molecule has 0 heterocycles. The molecule has 1 aliphatic carbocycles. The maximum Gasteiger partial charge on any atom is 0.141 e. The van der Waals surface area contributed by atoms with E-state index in [1.54, 1.807) is 12.1 Å². The van der Waals surface area contributed by atoms with Crippen molar-refractivity contribution in [2.24, 2.45) is 5.41 Å². The summed E-state index contributed by atoms with van der Waals surface area (Å²) in [6, 6.07) is 6.62. The number of rotatable bonds is 3. The van der Waals surface area contributed by atoms with Gasteiger partial charge in [-0.05, 0) is 23.8 Å². The van der Waals surface area contributed by atoms with Crippen molar-refractivity contribution in [3.8, 4) is 6.07 Å². The molecule has 0 aliphatic heterocycles. The zero-order chi connectivity index (χ0) is 13.6. The number of alkyl halides is 2. The Morgan fingerprint density at radius 2 is 2.11 bits per heavy atom. The molecule has 94 valence electrons. The number of aldehydes is 1. The first-order chi connectivity index (χ1) is 8.42. The van der Waals surface area contributed by atoms with E-state index in [-0.39, 0.29) is 0 Å². The molecule has 1 saturated carbocycles. The molecule has 2 unspecified atom stereocenters. The third-order valence-electron chi connectivity index (χ3n) is 3.27. The second-order valence-corrected chi connectivity index (χ2v) is 6.08. The fourth-order valence-corrected chi connectivity index (χ4v) is 3.41. The van der Waals surface area contributed by atoms with Gasteiger partial charge in [-0.2, -0.15) is 5.26 Å². The molecule has 2 atom stereocenters. The molecular weight excluding hydrogens is 296 g/mol. The van der Waals surface area contributed by atoms with Crippen molar-refractivity contribution in [1.82, 2.24) is 0 Å². The number of nitrogens with zero attached hydrogens (tertiary/aromatic N) is 1. The average Bonchev–Trinajstić information content (AvgIpc) is 2.84. The van der Waals surface area contributed by atoms with Crippen LogP contribution in [0.5, 0.6) is 0 Å². The second kappa shape index (κ2) is 4.40. The van der Waals surface area contributed by atoms with E-state index in [0.29, 0.717) is 22.4 Å². The van der Waals surface area contributed by atoms with E-state index in [0.717, 1.165) is 0 Å². The second-order valence-electron chi connectivity index (χ2n) is 4.26. The molecule has 1 N–H and O–H groups in total. The molecule has 0 bridgehead atoms. The molecule has 1 aromatic rings. The lowest BCUT2D eigenvalue weighted by molar-refractivity contribution is -0.113. The largest absolute Gasteiger partial charge is 0.395 e. The topological polar surface area (TPSA) is 61.1 Å². The highest BCUT2D eigenvalue weighted by Crippen LogP contribution is 2.72. The van der Waals surface area contributed by atoms with Gasteiger partial charge in [-0.3, -0.25) is 0 Å². The third-order valence-corrected chi connectivity index (χ3v) is 4.63. The van der Waals surface area contributed by atoms with E-state index >= 15 is 0 Å². The van der Waals surface area contributed by atoms with Crippen LogP contribution in [-0.2, 0) is 4.79 Å². The highest BCUT2D eigenvalue weighted by atomic mass is 35.5. The summed E-state index contributed by atoms with van der Waals surface area (Å²) < 4.78 is -1.37. The molecule has 0 spiro atoms. The summed E-state index contributed by atoms with van der Waals surface area (Å²) in [5.74, 6) is -0.568. The van der Waals surface area contributed by atoms with Gasteiger partial charge >= 0.3 is 0 Å². The van der Waals surface area contributed by atoms with Gasteiger partial charge in [0.05, 0.1) is 23.7 Å². The maximum atomic E-state index is 11.1. The van der Waals surface area contributed by atoms with E-state index in [1.165, 1.54) is 6.07 Å². The first-order valence-electron chi connectivity index (χ1n) is 5.08. The Morgan fingerprint density at radius 1 is 1.44 bits per heavy atom. The fraction of sp³-hybridized carbons (Fsp3) is 0.333. The lowest BCUT2D eigenvalue weighted by Gasteiger charge is -2.05. The van der Waals surface area contributed by atoms with Gasteiger partial charge in [0.25, 0.3) is 0 Å². The normalized spacial score (nSPS) is 28.5. The molecule has 18 heavy (non-hydrogen) atoms. The summed E-state index contributed by atoms with van der Waals surface area (Å²) in [6.45, 7) is -0.456. The van der Waals surface area contributed by atoms with Crippen molar-refractivity contribution in [2.45, 2.75) is 10.3 Å². The summed E-state index contributed by atoms with van der Waals surface area (Å²) in [5.41, 5.74) is -0.301. The summed E-state index contributed by atoms with van der Waals surface area (Å²) in [6.07, 6.45) is 0.560. The van der Waals surface area contributed by atoms with Gasteiger partial charge in [-0.1, -0.05) is 34.8 Å². The molecule has 2 rings (SSSR count). The minimum Gasteiger partial charge on any atom is -0.395 e. The van der Waals surface area contributed by atoms with E-state index in [2.05, 4.69) is 0 Å². The standard InChI is InChI=1S/C12H8Cl3NO2/c13-9-2-7(4-16)1-8(3-9)10-11(5-17,6-18)12(10,14)15/h1-3,5,10,18H,6H2. The van der Waals surface area contributed by atoms with Crippen molar-refractivity contribution in [1.29, 1.82) is 5.26 Å². The number of aliphatic hydroxyl groups excluding tert-OH is 1. The van der Waals surface area contributed by atoms with Crippen LogP contribution in [0.1, 0.15) is 17.0 Å². The van der Waals surface area contributed by atoms with Gasteiger partial charge in [0.15, 0.2) is 0 Å². The van der Waals surface area contributed by atoms with Crippen LogP contribution >= 0.6 is 34.8 Å². The first kappa shape index (κ1) is 13.6. The number of nitriles is 1. The van der Waals surface area contributed by atoms with Crippen LogP contribution in [0, 0.1) is 16.7 Å². The van der Waals surface area contributed by atoms with Gasteiger partial charge < -0.3 is 9.90 Å². The van der Waals surface area contributed by atoms with Crippen molar-refractivity contribution >= 4 is 41.1 Å². The number of hydrogen-bond donors (Lipinski definition) is 1. The van der Waals surface area contributed by atoms with Crippen LogP contribution in [0.25, 0.3) is 0 Å². The van der Waals surface area contributed by atoms with Gasteiger partial charge in [0.2, 0.25) is 0 Å². The van der Waals surface area contributed by atoms with Crippen LogP contribution in [0.15, 0.2) is 18.2 Å². The Labute approximate surface area is 119 Å². The summed E-state index contributed by atoms with van der Waals surface area (Å²) in [4.78, 5) is 11.1. The monoisotopic (exact) mass is 303 g/mol. The van der Waals surface area contributed by atoms with Gasteiger partial charge in [0.1, 0.15) is 10.6 Å². The number of hydrogen-bond acceptors (Lipinski definition) is 3. The van der Waals surface area contributed by atoms with Gasteiger partial charge in [-0.25, -0.2) is 0 Å². The van der Waals surface area contributed by atoms with Crippen LogP contribution in [-0.4, -0.2) is 22.3 Å². The number of carbonyl (C=O) groups is 1. The molecular formula is C12H8Cl3NO2. The molecule has 3 nitrogen and oxygen atoms in total. The van der Waals surface area contributed by atoms with Crippen molar-refractivity contribution in [3.63, 3.8) is 0 Å². The molecule has 0 amide bonds. The van der Waals surface area contributed by atoms with E-state index in [4.69, 9.17) is 40.1 Å². The van der Waals surface area contributed by atoms with Gasteiger partial charge in [-0.15, -0.1) is 0 Å². The average molecular weight is 305 g/mol. The number of benzene rings is 1. The Balaban J connectivity index is 2.49. The zero-order valence-electron chi connectivity index (χ0n) is 9.03. The first-order valence-corrected chi connectivity index (χ1v) is 6.22. The SMILES string of the molecule is N#Cc1cc(Cl)cc(C2C(Cl)(Cl)C2(C=O)CO)c1. The zero-order valence-corrected chi connectivity index (χ0v) is 11.3. The molecule has 0 aromatic heterocycles. The van der Waals surface area contributed by atoms with Crippen molar-refractivity contribution in [3.05, 3.63) is 34.3 Å². The van der Waals surface area contributed by atoms with Crippen LogP contribution in [0.4, 0.5) is 0 Å². The van der Waals surface area contributed by atoms with E-state index in [9.17, 15) is 9.90 Å². The number of aliphatic hydroxyl groups is 1. The third kappa shape index (κ3) is 1.72. The fourth-order valence-electron chi connectivity index (χ4n) is 2.21. The van der Waals surface area contributed by atoms with Gasteiger partial charge in [0, 0.05) is 10.9 Å². The lowest BCUT2D eigenvalue weighted by Crippen LogP contribution is -2.16. The summed E-state index contributed by atoms with van der Waals surface area (Å²) in [7, 11) is 0. The minimum atomic E-state index is -1.37. The Bertz CT molecular complexity index is 553. The predicted molar refractivity (Wildman–Crippen MR) is 68.9 cm³/mol. The minimum absolute atomic E-state index is 0.353. The quantitative estimate of drug-likeness (QED) is 0.690. The Kier molecular flexibility index (Phi) is 3.33. The highest BCUT2D eigenvalue weighted by Gasteiger charge is 2.76. The highest BCUT2D eigenvalue weighted by molar-refractivity contribution is 6.54. The molecule has 0 saturated heterocycles. The predicted octanol–water partition coefficient (Wildman–Crippen LogP) is 2.66.